The smallest absolute Gasteiger partial charge is 0.227 e. The van der Waals surface area contributed by atoms with Gasteiger partial charge in [-0.2, -0.15) is 0 Å². The summed E-state index contributed by atoms with van der Waals surface area (Å²) in [6, 6.07) is 13.4. The highest BCUT2D eigenvalue weighted by Gasteiger charge is 2.25. The molecule has 1 saturated carbocycles. The Morgan fingerprint density at radius 3 is 2.59 bits per heavy atom. The molecule has 2 aromatic carbocycles. The van der Waals surface area contributed by atoms with Gasteiger partial charge >= 0.3 is 0 Å². The van der Waals surface area contributed by atoms with Crippen LogP contribution >= 0.6 is 0 Å². The van der Waals surface area contributed by atoms with E-state index in [0.717, 1.165) is 36.1 Å². The Labute approximate surface area is 171 Å². The zero-order valence-corrected chi connectivity index (χ0v) is 16.9. The standard InChI is InChI=1S/C22H28N4O3/c1-28-19-10-9-16(12-20(19)29-2)14-25-22(23)24-13-15-5-3-8-18(11-15)26-21(27)17-6-4-7-17/h3,5,8-12,17H,4,6-7,13-14H2,1-2H3,(H,26,27)(H3,23,24,25). The molecule has 0 unspecified atom stereocenters. The molecular weight excluding hydrogens is 368 g/mol. The van der Waals surface area contributed by atoms with Gasteiger partial charge < -0.3 is 25.8 Å². The number of methoxy groups -OCH3 is 2. The lowest BCUT2D eigenvalue weighted by atomic mass is 9.85. The van der Waals surface area contributed by atoms with E-state index < -0.39 is 0 Å². The van der Waals surface area contributed by atoms with Crippen molar-refractivity contribution in [1.29, 1.82) is 0 Å². The first-order valence-electron chi connectivity index (χ1n) is 9.73. The van der Waals surface area contributed by atoms with Crippen molar-refractivity contribution in [1.82, 2.24) is 5.32 Å². The van der Waals surface area contributed by atoms with Crippen LogP contribution in [0.2, 0.25) is 0 Å². The molecule has 0 aromatic heterocycles. The Morgan fingerprint density at radius 2 is 1.90 bits per heavy atom. The van der Waals surface area contributed by atoms with Gasteiger partial charge in [-0.3, -0.25) is 4.79 Å². The van der Waals surface area contributed by atoms with Crippen LogP contribution in [0.4, 0.5) is 5.69 Å². The van der Waals surface area contributed by atoms with E-state index in [-0.39, 0.29) is 11.8 Å². The van der Waals surface area contributed by atoms with Crippen LogP contribution in [0.1, 0.15) is 30.4 Å². The minimum Gasteiger partial charge on any atom is -0.493 e. The molecule has 0 saturated heterocycles. The number of guanidine groups is 1. The van der Waals surface area contributed by atoms with Crippen LogP contribution in [0.3, 0.4) is 0 Å². The summed E-state index contributed by atoms with van der Waals surface area (Å²) in [7, 11) is 3.21. The molecule has 4 N–H and O–H groups in total. The molecule has 1 aliphatic rings. The monoisotopic (exact) mass is 396 g/mol. The van der Waals surface area contributed by atoms with Crippen LogP contribution in [-0.4, -0.2) is 26.1 Å². The summed E-state index contributed by atoms with van der Waals surface area (Å²) in [5.41, 5.74) is 8.77. The van der Waals surface area contributed by atoms with Crippen molar-refractivity contribution in [2.45, 2.75) is 32.4 Å². The van der Waals surface area contributed by atoms with Crippen molar-refractivity contribution in [3.8, 4) is 11.5 Å². The number of ether oxygens (including phenoxy) is 2. The van der Waals surface area contributed by atoms with E-state index in [1.807, 2.05) is 42.5 Å². The minimum atomic E-state index is 0.105. The number of benzene rings is 2. The van der Waals surface area contributed by atoms with Crippen LogP contribution in [-0.2, 0) is 17.9 Å². The normalized spacial score (nSPS) is 14.1. The summed E-state index contributed by atoms with van der Waals surface area (Å²) in [4.78, 5) is 16.5. The van der Waals surface area contributed by atoms with Gasteiger partial charge in [0.1, 0.15) is 0 Å². The number of hydrogen-bond acceptors (Lipinski definition) is 4. The highest BCUT2D eigenvalue weighted by atomic mass is 16.5. The molecule has 7 nitrogen and oxygen atoms in total. The fourth-order valence-corrected chi connectivity index (χ4v) is 3.08. The number of rotatable bonds is 8. The Morgan fingerprint density at radius 1 is 1.10 bits per heavy atom. The van der Waals surface area contributed by atoms with Crippen molar-refractivity contribution >= 4 is 17.6 Å². The van der Waals surface area contributed by atoms with Crippen molar-refractivity contribution in [3.05, 3.63) is 53.6 Å². The second kappa shape index (κ2) is 9.82. The third-order valence-corrected chi connectivity index (χ3v) is 5.02. The second-order valence-corrected chi connectivity index (χ2v) is 7.06. The number of nitrogens with two attached hydrogens (primary N) is 1. The average molecular weight is 396 g/mol. The van der Waals surface area contributed by atoms with Gasteiger partial charge in [-0.05, 0) is 48.2 Å². The van der Waals surface area contributed by atoms with Crippen molar-refractivity contribution in [2.24, 2.45) is 16.6 Å². The third kappa shape index (κ3) is 5.63. The summed E-state index contributed by atoms with van der Waals surface area (Å²) in [6.07, 6.45) is 3.11. The first-order valence-corrected chi connectivity index (χ1v) is 9.73. The molecule has 1 aliphatic carbocycles. The minimum absolute atomic E-state index is 0.105. The molecule has 3 rings (SSSR count). The predicted molar refractivity (Wildman–Crippen MR) is 114 cm³/mol. The molecule has 1 fully saturated rings. The number of nitrogens with zero attached hydrogens (tertiary/aromatic N) is 1. The summed E-state index contributed by atoms with van der Waals surface area (Å²) in [5.74, 6) is 1.97. The predicted octanol–water partition coefficient (Wildman–Crippen LogP) is 3.05. The van der Waals surface area contributed by atoms with Crippen LogP contribution in [0.15, 0.2) is 47.5 Å². The van der Waals surface area contributed by atoms with E-state index in [1.54, 1.807) is 14.2 Å². The number of carbonyl (C=O) groups is 1. The molecule has 29 heavy (non-hydrogen) atoms. The quantitative estimate of drug-likeness (QED) is 0.471. The largest absolute Gasteiger partial charge is 0.493 e. The molecule has 7 heteroatoms. The Hall–Kier alpha value is -3.22. The summed E-state index contributed by atoms with van der Waals surface area (Å²) < 4.78 is 10.5. The van der Waals surface area contributed by atoms with Gasteiger partial charge in [0.25, 0.3) is 0 Å². The number of carbonyl (C=O) groups excluding carboxylic acids is 1. The van der Waals surface area contributed by atoms with Gasteiger partial charge in [-0.1, -0.05) is 24.6 Å². The Balaban J connectivity index is 1.53. The van der Waals surface area contributed by atoms with Crippen LogP contribution in [0, 0.1) is 5.92 Å². The highest BCUT2D eigenvalue weighted by molar-refractivity contribution is 5.93. The lowest BCUT2D eigenvalue weighted by Gasteiger charge is -2.24. The first kappa shape index (κ1) is 20.5. The molecule has 154 valence electrons. The fraction of sp³-hybridized carbons (Fsp3) is 0.364. The van der Waals surface area contributed by atoms with Crippen molar-refractivity contribution in [2.75, 3.05) is 19.5 Å². The SMILES string of the molecule is COc1ccc(CNC(N)=NCc2cccc(NC(=O)C3CCC3)c2)cc1OC. The number of anilines is 1. The lowest BCUT2D eigenvalue weighted by Crippen LogP contribution is -2.31. The molecule has 0 heterocycles. The molecule has 0 spiro atoms. The molecular formula is C22H28N4O3. The summed E-state index contributed by atoms with van der Waals surface area (Å²) in [6.45, 7) is 0.949. The molecule has 1 amide bonds. The number of amides is 1. The zero-order valence-electron chi connectivity index (χ0n) is 16.9. The van der Waals surface area contributed by atoms with Gasteiger partial charge in [0.05, 0.1) is 20.8 Å². The average Bonchev–Trinajstić information content (AvgIpc) is 2.69. The van der Waals surface area contributed by atoms with E-state index in [9.17, 15) is 4.79 Å². The Bertz CT molecular complexity index is 878. The van der Waals surface area contributed by atoms with E-state index in [1.165, 1.54) is 0 Å². The number of nitrogens with one attached hydrogen (secondary N) is 2. The van der Waals surface area contributed by atoms with Gasteiger partial charge in [0, 0.05) is 18.2 Å². The fourth-order valence-electron chi connectivity index (χ4n) is 3.08. The van der Waals surface area contributed by atoms with E-state index in [2.05, 4.69) is 15.6 Å². The molecule has 0 bridgehead atoms. The van der Waals surface area contributed by atoms with Crippen LogP contribution < -0.4 is 25.8 Å². The third-order valence-electron chi connectivity index (χ3n) is 5.02. The first-order chi connectivity index (χ1) is 14.1. The van der Waals surface area contributed by atoms with Gasteiger partial charge in [0.2, 0.25) is 5.91 Å². The maximum Gasteiger partial charge on any atom is 0.227 e. The van der Waals surface area contributed by atoms with Gasteiger partial charge in [-0.15, -0.1) is 0 Å². The molecule has 0 atom stereocenters. The summed E-state index contributed by atoms with van der Waals surface area (Å²) in [5, 5.41) is 6.08. The highest BCUT2D eigenvalue weighted by Crippen LogP contribution is 2.28. The van der Waals surface area contributed by atoms with E-state index in [0.29, 0.717) is 30.5 Å². The second-order valence-electron chi connectivity index (χ2n) is 7.06. The van der Waals surface area contributed by atoms with E-state index >= 15 is 0 Å². The van der Waals surface area contributed by atoms with E-state index in [4.69, 9.17) is 15.2 Å². The molecule has 2 aromatic rings. The Kier molecular flexibility index (Phi) is 6.94. The van der Waals surface area contributed by atoms with Crippen LogP contribution in [0.25, 0.3) is 0 Å². The van der Waals surface area contributed by atoms with Crippen molar-refractivity contribution < 1.29 is 14.3 Å². The number of aliphatic imine (C=N–C) groups is 1. The lowest BCUT2D eigenvalue weighted by molar-refractivity contribution is -0.122. The van der Waals surface area contributed by atoms with Crippen molar-refractivity contribution in [3.63, 3.8) is 0 Å². The summed E-state index contributed by atoms with van der Waals surface area (Å²) >= 11 is 0. The maximum atomic E-state index is 12.1. The van der Waals surface area contributed by atoms with Gasteiger partial charge in [0.15, 0.2) is 17.5 Å². The molecule has 0 aliphatic heterocycles. The number of hydrogen-bond donors (Lipinski definition) is 3. The maximum absolute atomic E-state index is 12.1. The van der Waals surface area contributed by atoms with Crippen LogP contribution in [0.5, 0.6) is 11.5 Å². The van der Waals surface area contributed by atoms with Gasteiger partial charge in [-0.25, -0.2) is 4.99 Å². The zero-order chi connectivity index (χ0) is 20.6. The topological polar surface area (TPSA) is 98.0 Å². The molecule has 0 radical (unpaired) electrons.